The molecule has 1 aromatic heterocycles. The highest BCUT2D eigenvalue weighted by Gasteiger charge is 2.27. The van der Waals surface area contributed by atoms with Gasteiger partial charge in [0.15, 0.2) is 0 Å². The molecule has 1 aliphatic rings. The Morgan fingerprint density at radius 2 is 1.17 bits per heavy atom. The number of thiophene rings is 1. The van der Waals surface area contributed by atoms with Crippen molar-refractivity contribution in [2.75, 3.05) is 4.90 Å². The number of allylic oxidation sites excluding steroid dienone is 1. The summed E-state index contributed by atoms with van der Waals surface area (Å²) in [6.45, 7) is 0. The van der Waals surface area contributed by atoms with Gasteiger partial charge in [-0.3, -0.25) is 0 Å². The summed E-state index contributed by atoms with van der Waals surface area (Å²) < 4.78 is 0. The largest absolute Gasteiger partial charge is 0.302 e. The van der Waals surface area contributed by atoms with Gasteiger partial charge < -0.3 is 4.90 Å². The Bertz CT molecular complexity index is 1640. The summed E-state index contributed by atoms with van der Waals surface area (Å²) in [5.74, 6) is 0. The Morgan fingerprint density at radius 3 is 1.81 bits per heavy atom. The standard InChI is InChI=1S/C32H19N3S/c33-20-23(21-34)32-27-14-8-7-13-26(27)29-19-22(15-16-28(29)32)30-17-18-31(36-30)35(24-9-3-1-4-10-24)25-11-5-2-6-12-25/h1-19H. The van der Waals surface area contributed by atoms with E-state index in [1.54, 1.807) is 11.3 Å². The molecule has 6 rings (SSSR count). The maximum atomic E-state index is 9.58. The van der Waals surface area contributed by atoms with Gasteiger partial charge in [-0.05, 0) is 70.3 Å². The summed E-state index contributed by atoms with van der Waals surface area (Å²) in [6, 6.07) is 43.5. The minimum Gasteiger partial charge on any atom is -0.302 e. The smallest absolute Gasteiger partial charge is 0.138 e. The van der Waals surface area contributed by atoms with Crippen molar-refractivity contribution in [1.29, 1.82) is 10.5 Å². The van der Waals surface area contributed by atoms with Crippen molar-refractivity contribution in [2.45, 2.75) is 0 Å². The molecule has 4 heteroatoms. The summed E-state index contributed by atoms with van der Waals surface area (Å²) >= 11 is 1.74. The van der Waals surface area contributed by atoms with E-state index < -0.39 is 0 Å². The molecule has 0 radical (unpaired) electrons. The lowest BCUT2D eigenvalue weighted by molar-refractivity contribution is 1.32. The van der Waals surface area contributed by atoms with Crippen LogP contribution in [-0.2, 0) is 0 Å². The van der Waals surface area contributed by atoms with Gasteiger partial charge in [0.05, 0.1) is 0 Å². The van der Waals surface area contributed by atoms with E-state index in [4.69, 9.17) is 0 Å². The van der Waals surface area contributed by atoms with Gasteiger partial charge in [-0.15, -0.1) is 11.3 Å². The van der Waals surface area contributed by atoms with E-state index >= 15 is 0 Å². The number of anilines is 3. The van der Waals surface area contributed by atoms with Gasteiger partial charge in [-0.2, -0.15) is 10.5 Å². The van der Waals surface area contributed by atoms with Crippen LogP contribution in [0.5, 0.6) is 0 Å². The number of nitrogens with zero attached hydrogens (tertiary/aromatic N) is 3. The lowest BCUT2D eigenvalue weighted by Gasteiger charge is -2.23. The third-order valence-corrected chi connectivity index (χ3v) is 7.49. The van der Waals surface area contributed by atoms with Crippen LogP contribution in [0.2, 0.25) is 0 Å². The van der Waals surface area contributed by atoms with E-state index in [1.165, 1.54) is 0 Å². The van der Waals surface area contributed by atoms with Crippen LogP contribution in [0, 0.1) is 22.7 Å². The van der Waals surface area contributed by atoms with E-state index in [9.17, 15) is 10.5 Å². The van der Waals surface area contributed by atoms with Crippen molar-refractivity contribution in [2.24, 2.45) is 0 Å². The molecule has 1 heterocycles. The molecule has 0 atom stereocenters. The zero-order valence-electron chi connectivity index (χ0n) is 19.2. The summed E-state index contributed by atoms with van der Waals surface area (Å²) in [7, 11) is 0. The summed E-state index contributed by atoms with van der Waals surface area (Å²) in [4.78, 5) is 3.42. The van der Waals surface area contributed by atoms with Crippen molar-refractivity contribution < 1.29 is 0 Å². The van der Waals surface area contributed by atoms with Crippen molar-refractivity contribution in [3.63, 3.8) is 0 Å². The van der Waals surface area contributed by atoms with Gasteiger partial charge in [-0.25, -0.2) is 0 Å². The average Bonchev–Trinajstić information content (AvgIpc) is 3.54. The lowest BCUT2D eigenvalue weighted by Crippen LogP contribution is -2.07. The van der Waals surface area contributed by atoms with Crippen LogP contribution in [0.4, 0.5) is 16.4 Å². The van der Waals surface area contributed by atoms with E-state index in [2.05, 4.69) is 95.9 Å². The van der Waals surface area contributed by atoms with Crippen LogP contribution in [0.1, 0.15) is 11.1 Å². The summed E-state index contributed by atoms with van der Waals surface area (Å²) in [6.07, 6.45) is 0. The zero-order valence-corrected chi connectivity index (χ0v) is 20.0. The minimum atomic E-state index is 0.147. The first-order valence-electron chi connectivity index (χ1n) is 11.6. The van der Waals surface area contributed by atoms with Gasteiger partial charge in [0.1, 0.15) is 22.7 Å². The van der Waals surface area contributed by atoms with Crippen LogP contribution in [0.3, 0.4) is 0 Å². The fraction of sp³-hybridized carbons (Fsp3) is 0. The second kappa shape index (κ2) is 9.04. The molecule has 0 bridgehead atoms. The number of hydrogen-bond donors (Lipinski definition) is 0. The average molecular weight is 478 g/mol. The molecule has 0 unspecified atom stereocenters. The second-order valence-electron chi connectivity index (χ2n) is 8.42. The van der Waals surface area contributed by atoms with Crippen LogP contribution >= 0.6 is 11.3 Å². The summed E-state index contributed by atoms with van der Waals surface area (Å²) in [5, 5.41) is 20.3. The van der Waals surface area contributed by atoms with Crippen molar-refractivity contribution in [1.82, 2.24) is 0 Å². The Kier molecular flexibility index (Phi) is 5.43. The fourth-order valence-corrected chi connectivity index (χ4v) is 5.83. The number of fused-ring (bicyclic) bond motifs is 3. The molecule has 5 aromatic rings. The quantitative estimate of drug-likeness (QED) is 0.239. The molecule has 36 heavy (non-hydrogen) atoms. The van der Waals surface area contributed by atoms with Crippen LogP contribution in [0.25, 0.3) is 27.1 Å². The third kappa shape index (κ3) is 3.58. The highest BCUT2D eigenvalue weighted by molar-refractivity contribution is 7.19. The minimum absolute atomic E-state index is 0.147. The zero-order chi connectivity index (χ0) is 24.5. The first-order chi connectivity index (χ1) is 17.8. The SMILES string of the molecule is N#CC(C#N)=C1c2ccccc2-c2cc(-c3ccc(N(c4ccccc4)c4ccccc4)s3)ccc21. The first-order valence-corrected chi connectivity index (χ1v) is 12.4. The first kappa shape index (κ1) is 21.6. The summed E-state index contributed by atoms with van der Waals surface area (Å²) in [5.41, 5.74) is 8.18. The molecule has 3 nitrogen and oxygen atoms in total. The monoisotopic (exact) mass is 477 g/mol. The van der Waals surface area contributed by atoms with E-state index in [-0.39, 0.29) is 5.57 Å². The lowest BCUT2D eigenvalue weighted by atomic mass is 9.98. The molecule has 168 valence electrons. The Hall–Kier alpha value is -4.90. The van der Waals surface area contributed by atoms with Gasteiger partial charge in [0.2, 0.25) is 0 Å². The number of benzene rings is 4. The third-order valence-electron chi connectivity index (χ3n) is 6.37. The van der Waals surface area contributed by atoms with Crippen molar-refractivity contribution in [3.8, 4) is 33.7 Å². The molecule has 0 saturated carbocycles. The second-order valence-corrected chi connectivity index (χ2v) is 9.49. The number of nitriles is 2. The Balaban J connectivity index is 1.46. The van der Waals surface area contributed by atoms with Crippen molar-refractivity contribution in [3.05, 3.63) is 132 Å². The number of para-hydroxylation sites is 2. The normalized spacial score (nSPS) is 11.2. The molecule has 0 amide bonds. The molecule has 1 aliphatic carbocycles. The molecule has 4 aromatic carbocycles. The highest BCUT2D eigenvalue weighted by atomic mass is 32.1. The predicted molar refractivity (Wildman–Crippen MR) is 147 cm³/mol. The number of rotatable bonds is 4. The van der Waals surface area contributed by atoms with E-state index in [0.29, 0.717) is 0 Å². The highest BCUT2D eigenvalue weighted by Crippen LogP contribution is 2.48. The Morgan fingerprint density at radius 1 is 0.583 bits per heavy atom. The Labute approximate surface area is 214 Å². The molecule has 0 fully saturated rings. The maximum Gasteiger partial charge on any atom is 0.138 e. The molecule has 0 N–H and O–H groups in total. The van der Waals surface area contributed by atoms with E-state index in [1.807, 2.05) is 36.4 Å². The van der Waals surface area contributed by atoms with Gasteiger partial charge in [-0.1, -0.05) is 72.8 Å². The van der Waals surface area contributed by atoms with Crippen LogP contribution in [-0.4, -0.2) is 0 Å². The van der Waals surface area contributed by atoms with Crippen LogP contribution < -0.4 is 4.90 Å². The topological polar surface area (TPSA) is 50.8 Å². The maximum absolute atomic E-state index is 9.58. The predicted octanol–water partition coefficient (Wildman–Crippen LogP) is 8.71. The molecular formula is C32H19N3S. The number of hydrogen-bond acceptors (Lipinski definition) is 4. The van der Waals surface area contributed by atoms with Gasteiger partial charge in [0, 0.05) is 21.8 Å². The van der Waals surface area contributed by atoms with E-state index in [0.717, 1.165) is 54.6 Å². The van der Waals surface area contributed by atoms with Gasteiger partial charge >= 0.3 is 0 Å². The van der Waals surface area contributed by atoms with Crippen LogP contribution in [0.15, 0.2) is 121 Å². The van der Waals surface area contributed by atoms with Gasteiger partial charge in [0.25, 0.3) is 0 Å². The molecular weight excluding hydrogens is 458 g/mol. The van der Waals surface area contributed by atoms with Crippen molar-refractivity contribution >= 4 is 33.3 Å². The molecule has 0 spiro atoms. The fourth-order valence-electron chi connectivity index (χ4n) is 4.79. The molecule has 0 saturated heterocycles. The molecule has 0 aliphatic heterocycles.